The van der Waals surface area contributed by atoms with Gasteiger partial charge in [0.1, 0.15) is 0 Å². The molecule has 0 saturated carbocycles. The Balaban J connectivity index is 1.91. The fraction of sp³-hybridized carbons (Fsp3) is 0.138. The van der Waals surface area contributed by atoms with Crippen molar-refractivity contribution in [3.05, 3.63) is 143 Å². The average molecular weight is 391 g/mol. The van der Waals surface area contributed by atoms with Crippen LogP contribution < -0.4 is 0 Å². The largest absolute Gasteiger partial charge is 0.298 e. The standard InChI is InChI=1S/C29H26O/c1-21-13-9-11-19-25(21)27(23-15-5-3-6-16-23)29(30)28(24-17-7-4-8-18-24)26-20-12-10-14-22(26)2/h3-20,27-28H,1-2H3. The van der Waals surface area contributed by atoms with Crippen LogP contribution in [0.5, 0.6) is 0 Å². The van der Waals surface area contributed by atoms with E-state index in [0.717, 1.165) is 33.4 Å². The molecule has 1 nitrogen and oxygen atoms in total. The molecule has 0 N–H and O–H groups in total. The van der Waals surface area contributed by atoms with E-state index >= 15 is 0 Å². The van der Waals surface area contributed by atoms with Crippen molar-refractivity contribution >= 4 is 5.78 Å². The summed E-state index contributed by atoms with van der Waals surface area (Å²) in [7, 11) is 0. The van der Waals surface area contributed by atoms with Crippen LogP contribution in [0, 0.1) is 13.8 Å². The van der Waals surface area contributed by atoms with Crippen molar-refractivity contribution in [2.75, 3.05) is 0 Å². The predicted molar refractivity (Wildman–Crippen MR) is 124 cm³/mol. The number of ketones is 1. The third-order valence-corrected chi connectivity index (χ3v) is 5.83. The summed E-state index contributed by atoms with van der Waals surface area (Å²) in [5.41, 5.74) is 6.48. The predicted octanol–water partition coefficient (Wildman–Crippen LogP) is 6.84. The molecule has 0 saturated heterocycles. The Morgan fingerprint density at radius 2 is 0.833 bits per heavy atom. The van der Waals surface area contributed by atoms with Gasteiger partial charge in [0.15, 0.2) is 5.78 Å². The molecule has 30 heavy (non-hydrogen) atoms. The molecule has 0 bridgehead atoms. The highest BCUT2D eigenvalue weighted by Crippen LogP contribution is 2.37. The molecular weight excluding hydrogens is 364 g/mol. The molecule has 0 aromatic heterocycles. The van der Waals surface area contributed by atoms with Gasteiger partial charge in [0.25, 0.3) is 0 Å². The molecule has 4 aromatic rings. The van der Waals surface area contributed by atoms with Crippen molar-refractivity contribution in [2.45, 2.75) is 25.7 Å². The van der Waals surface area contributed by atoms with Crippen LogP contribution in [0.1, 0.15) is 45.2 Å². The highest BCUT2D eigenvalue weighted by molar-refractivity contribution is 5.97. The number of hydrogen-bond acceptors (Lipinski definition) is 1. The lowest BCUT2D eigenvalue weighted by Gasteiger charge is -2.26. The molecule has 0 heterocycles. The second kappa shape index (κ2) is 8.92. The van der Waals surface area contributed by atoms with Crippen LogP contribution in [-0.4, -0.2) is 5.78 Å². The molecular formula is C29H26O. The zero-order valence-electron chi connectivity index (χ0n) is 17.5. The van der Waals surface area contributed by atoms with E-state index in [1.165, 1.54) is 0 Å². The molecule has 0 aliphatic carbocycles. The molecule has 0 aliphatic heterocycles. The average Bonchev–Trinajstić information content (AvgIpc) is 2.78. The lowest BCUT2D eigenvalue weighted by Crippen LogP contribution is -2.24. The van der Waals surface area contributed by atoms with Gasteiger partial charge in [-0.25, -0.2) is 0 Å². The Hall–Kier alpha value is -3.45. The van der Waals surface area contributed by atoms with E-state index in [0.29, 0.717) is 0 Å². The van der Waals surface area contributed by atoms with Crippen molar-refractivity contribution in [3.8, 4) is 0 Å². The third-order valence-electron chi connectivity index (χ3n) is 5.83. The van der Waals surface area contributed by atoms with Gasteiger partial charge < -0.3 is 0 Å². The van der Waals surface area contributed by atoms with Crippen molar-refractivity contribution in [1.29, 1.82) is 0 Å². The first-order chi connectivity index (χ1) is 14.7. The zero-order valence-corrected chi connectivity index (χ0v) is 17.5. The van der Waals surface area contributed by atoms with E-state index in [9.17, 15) is 4.79 Å². The summed E-state index contributed by atoms with van der Waals surface area (Å²) < 4.78 is 0. The van der Waals surface area contributed by atoms with Gasteiger partial charge >= 0.3 is 0 Å². The Kier molecular flexibility index (Phi) is 5.90. The number of Topliss-reactive ketones (excluding diaryl/α,β-unsaturated/α-hetero) is 1. The van der Waals surface area contributed by atoms with Gasteiger partial charge in [-0.3, -0.25) is 4.79 Å². The van der Waals surface area contributed by atoms with Gasteiger partial charge in [0.05, 0.1) is 11.8 Å². The Labute approximate surface area is 179 Å². The quantitative estimate of drug-likeness (QED) is 0.352. The molecule has 4 rings (SSSR count). The van der Waals surface area contributed by atoms with E-state index in [-0.39, 0.29) is 17.6 Å². The molecule has 2 unspecified atom stereocenters. The van der Waals surface area contributed by atoms with Crippen LogP contribution in [-0.2, 0) is 4.79 Å². The van der Waals surface area contributed by atoms with Crippen LogP contribution in [0.2, 0.25) is 0 Å². The van der Waals surface area contributed by atoms with E-state index < -0.39 is 0 Å². The number of hydrogen-bond donors (Lipinski definition) is 0. The molecule has 0 fully saturated rings. The van der Waals surface area contributed by atoms with Crippen LogP contribution in [0.4, 0.5) is 0 Å². The van der Waals surface area contributed by atoms with Crippen LogP contribution >= 0.6 is 0 Å². The number of aryl methyl sites for hydroxylation is 2. The number of benzene rings is 4. The van der Waals surface area contributed by atoms with Gasteiger partial charge in [-0.15, -0.1) is 0 Å². The lowest BCUT2D eigenvalue weighted by atomic mass is 9.75. The zero-order chi connectivity index (χ0) is 20.9. The molecule has 1 heteroatoms. The number of rotatable bonds is 6. The Bertz CT molecular complexity index is 1040. The first-order valence-corrected chi connectivity index (χ1v) is 10.4. The van der Waals surface area contributed by atoms with Crippen molar-refractivity contribution in [1.82, 2.24) is 0 Å². The summed E-state index contributed by atoms with van der Waals surface area (Å²) in [4.78, 5) is 14.3. The van der Waals surface area contributed by atoms with Gasteiger partial charge in [0.2, 0.25) is 0 Å². The van der Waals surface area contributed by atoms with Gasteiger partial charge in [-0.05, 0) is 47.2 Å². The molecule has 0 radical (unpaired) electrons. The normalized spacial score (nSPS) is 12.9. The van der Waals surface area contributed by atoms with E-state index in [1.54, 1.807) is 0 Å². The second-order valence-corrected chi connectivity index (χ2v) is 7.80. The van der Waals surface area contributed by atoms with Crippen LogP contribution in [0.15, 0.2) is 109 Å². The maximum atomic E-state index is 14.3. The van der Waals surface area contributed by atoms with E-state index in [2.05, 4.69) is 62.4 Å². The summed E-state index contributed by atoms with van der Waals surface area (Å²) in [6.45, 7) is 4.17. The molecule has 0 aliphatic rings. The number of carbonyl (C=O) groups is 1. The van der Waals surface area contributed by atoms with Gasteiger partial charge in [0, 0.05) is 0 Å². The van der Waals surface area contributed by atoms with Crippen LogP contribution in [0.3, 0.4) is 0 Å². The summed E-state index contributed by atoms with van der Waals surface area (Å²) in [5.74, 6) is -0.439. The minimum Gasteiger partial charge on any atom is -0.298 e. The fourth-order valence-electron chi connectivity index (χ4n) is 4.27. The Morgan fingerprint density at radius 1 is 0.500 bits per heavy atom. The molecule has 0 spiro atoms. The fourth-order valence-corrected chi connectivity index (χ4v) is 4.27. The minimum absolute atomic E-state index is 0.205. The summed E-state index contributed by atoms with van der Waals surface area (Å²) in [6, 6.07) is 36.8. The summed E-state index contributed by atoms with van der Waals surface area (Å²) in [5, 5.41) is 0. The maximum Gasteiger partial charge on any atom is 0.156 e. The van der Waals surface area contributed by atoms with E-state index in [1.807, 2.05) is 60.7 Å². The van der Waals surface area contributed by atoms with Crippen molar-refractivity contribution < 1.29 is 4.79 Å². The Morgan fingerprint density at radius 3 is 1.20 bits per heavy atom. The summed E-state index contributed by atoms with van der Waals surface area (Å²) in [6.07, 6.45) is 0. The topological polar surface area (TPSA) is 17.1 Å². The highest BCUT2D eigenvalue weighted by atomic mass is 16.1. The molecule has 4 aromatic carbocycles. The van der Waals surface area contributed by atoms with Gasteiger partial charge in [-0.1, -0.05) is 109 Å². The minimum atomic E-state index is -0.322. The molecule has 0 amide bonds. The first kappa shape index (κ1) is 19.8. The van der Waals surface area contributed by atoms with Gasteiger partial charge in [-0.2, -0.15) is 0 Å². The van der Waals surface area contributed by atoms with Crippen LogP contribution in [0.25, 0.3) is 0 Å². The SMILES string of the molecule is Cc1ccccc1C(C(=O)C(c1ccccc1)c1ccccc1C)c1ccccc1. The third kappa shape index (κ3) is 3.97. The second-order valence-electron chi connectivity index (χ2n) is 7.80. The molecule has 148 valence electrons. The maximum absolute atomic E-state index is 14.3. The van der Waals surface area contributed by atoms with Crippen molar-refractivity contribution in [2.24, 2.45) is 0 Å². The lowest BCUT2D eigenvalue weighted by molar-refractivity contribution is -0.120. The smallest absolute Gasteiger partial charge is 0.156 e. The highest BCUT2D eigenvalue weighted by Gasteiger charge is 2.33. The monoisotopic (exact) mass is 390 g/mol. The number of carbonyl (C=O) groups excluding carboxylic acids is 1. The summed E-state index contributed by atoms with van der Waals surface area (Å²) >= 11 is 0. The van der Waals surface area contributed by atoms with Crippen molar-refractivity contribution in [3.63, 3.8) is 0 Å². The molecule has 2 atom stereocenters. The van der Waals surface area contributed by atoms with E-state index in [4.69, 9.17) is 0 Å². The first-order valence-electron chi connectivity index (χ1n) is 10.4.